The van der Waals surface area contributed by atoms with Crippen LogP contribution >= 0.6 is 34.5 Å². The molecule has 0 bridgehead atoms. The third-order valence-corrected chi connectivity index (χ3v) is 3.77. The molecule has 2 rings (SSSR count). The van der Waals surface area contributed by atoms with Gasteiger partial charge in [-0.3, -0.25) is 0 Å². The van der Waals surface area contributed by atoms with Crippen molar-refractivity contribution in [3.05, 3.63) is 50.4 Å². The monoisotopic (exact) mass is 286 g/mol. The molecular weight excluding hydrogens is 275 g/mol. The fourth-order valence-corrected chi connectivity index (χ4v) is 2.47. The van der Waals surface area contributed by atoms with E-state index in [2.05, 4.69) is 10.3 Å². The fourth-order valence-electron chi connectivity index (χ4n) is 1.47. The normalized spacial score (nSPS) is 10.7. The number of thiazole rings is 1. The first kappa shape index (κ1) is 12.8. The zero-order valence-electron chi connectivity index (χ0n) is 9.12. The van der Waals surface area contributed by atoms with Crippen LogP contribution in [0.3, 0.4) is 0 Å². The van der Waals surface area contributed by atoms with E-state index in [4.69, 9.17) is 23.2 Å². The first-order chi connectivity index (χ1) is 8.25. The van der Waals surface area contributed by atoms with Crippen molar-refractivity contribution in [3.8, 4) is 0 Å². The van der Waals surface area contributed by atoms with Crippen LogP contribution in [0.1, 0.15) is 10.6 Å². The second-order valence-electron chi connectivity index (χ2n) is 3.59. The molecule has 1 heterocycles. The number of aromatic nitrogens is 1. The Labute approximate surface area is 115 Å². The highest BCUT2D eigenvalue weighted by Crippen LogP contribution is 2.20. The zero-order chi connectivity index (χ0) is 12.1. The molecule has 0 aliphatic rings. The molecule has 0 fully saturated rings. The summed E-state index contributed by atoms with van der Waals surface area (Å²) in [4.78, 5) is 4.22. The summed E-state index contributed by atoms with van der Waals surface area (Å²) in [5.41, 5.74) is 1.03. The Morgan fingerprint density at radius 3 is 2.94 bits per heavy atom. The van der Waals surface area contributed by atoms with E-state index in [1.807, 2.05) is 23.7 Å². The quantitative estimate of drug-likeness (QED) is 0.846. The molecule has 0 aliphatic heterocycles. The topological polar surface area (TPSA) is 24.9 Å². The minimum Gasteiger partial charge on any atom is -0.312 e. The molecule has 0 aliphatic carbocycles. The summed E-state index contributed by atoms with van der Waals surface area (Å²) >= 11 is 13.7. The Kier molecular flexibility index (Phi) is 4.80. The predicted octanol–water partition coefficient (Wildman–Crippen LogP) is 3.78. The highest BCUT2D eigenvalue weighted by molar-refractivity contribution is 7.09. The number of nitrogens with zero attached hydrogens (tertiary/aromatic N) is 1. The van der Waals surface area contributed by atoms with Gasteiger partial charge in [-0.2, -0.15) is 0 Å². The first-order valence-corrected chi connectivity index (χ1v) is 6.92. The molecule has 0 saturated heterocycles. The predicted molar refractivity (Wildman–Crippen MR) is 74.0 cm³/mol. The van der Waals surface area contributed by atoms with E-state index in [9.17, 15) is 0 Å². The summed E-state index contributed by atoms with van der Waals surface area (Å²) in [5, 5.41) is 7.93. The summed E-state index contributed by atoms with van der Waals surface area (Å²) in [7, 11) is 0. The molecule has 5 heteroatoms. The molecule has 0 unspecified atom stereocenters. The van der Waals surface area contributed by atoms with Crippen molar-refractivity contribution in [2.45, 2.75) is 13.0 Å². The molecule has 0 radical (unpaired) electrons. The SMILES string of the molecule is Clc1ccc(Cl)c(CNCCc2nccs2)c1. The number of hydrogen-bond donors (Lipinski definition) is 1. The lowest BCUT2D eigenvalue weighted by Gasteiger charge is -2.06. The third kappa shape index (κ3) is 3.96. The van der Waals surface area contributed by atoms with Gasteiger partial charge in [-0.05, 0) is 23.8 Å². The second kappa shape index (κ2) is 6.36. The van der Waals surface area contributed by atoms with Gasteiger partial charge in [0.1, 0.15) is 0 Å². The molecular formula is C12H12Cl2N2S. The van der Waals surface area contributed by atoms with Crippen LogP contribution in [-0.4, -0.2) is 11.5 Å². The van der Waals surface area contributed by atoms with Gasteiger partial charge in [0.25, 0.3) is 0 Å². The molecule has 0 amide bonds. The molecule has 17 heavy (non-hydrogen) atoms. The first-order valence-electron chi connectivity index (χ1n) is 5.29. The molecule has 0 spiro atoms. The lowest BCUT2D eigenvalue weighted by atomic mass is 10.2. The summed E-state index contributed by atoms with van der Waals surface area (Å²) in [5.74, 6) is 0. The van der Waals surface area contributed by atoms with Gasteiger partial charge in [-0.25, -0.2) is 4.98 Å². The molecule has 2 nitrogen and oxygen atoms in total. The smallest absolute Gasteiger partial charge is 0.0937 e. The van der Waals surface area contributed by atoms with Crippen LogP contribution in [0.2, 0.25) is 10.0 Å². The van der Waals surface area contributed by atoms with Gasteiger partial charge in [-0.1, -0.05) is 23.2 Å². The summed E-state index contributed by atoms with van der Waals surface area (Å²) in [6.07, 6.45) is 2.77. The average Bonchev–Trinajstić information content (AvgIpc) is 2.82. The highest BCUT2D eigenvalue weighted by Gasteiger charge is 2.01. The van der Waals surface area contributed by atoms with Crippen molar-refractivity contribution in [1.29, 1.82) is 0 Å². The molecule has 2 aromatic rings. The van der Waals surface area contributed by atoms with Crippen molar-refractivity contribution < 1.29 is 0 Å². The van der Waals surface area contributed by atoms with Crippen LogP contribution in [0.25, 0.3) is 0 Å². The van der Waals surface area contributed by atoms with Gasteiger partial charge in [0.15, 0.2) is 0 Å². The lowest BCUT2D eigenvalue weighted by molar-refractivity contribution is 0.685. The summed E-state index contributed by atoms with van der Waals surface area (Å²) < 4.78 is 0. The molecule has 1 aromatic carbocycles. The standard InChI is InChI=1S/C12H12Cl2N2S/c13-10-1-2-11(14)9(7-10)8-15-4-3-12-16-5-6-17-12/h1-2,5-7,15H,3-4,8H2. The third-order valence-electron chi connectivity index (χ3n) is 2.32. The van der Waals surface area contributed by atoms with Crippen LogP contribution in [-0.2, 0) is 13.0 Å². The van der Waals surface area contributed by atoms with E-state index in [-0.39, 0.29) is 0 Å². The van der Waals surface area contributed by atoms with Gasteiger partial charge in [-0.15, -0.1) is 11.3 Å². The van der Waals surface area contributed by atoms with Gasteiger partial charge in [0.2, 0.25) is 0 Å². The van der Waals surface area contributed by atoms with Crippen LogP contribution in [0, 0.1) is 0 Å². The Bertz CT molecular complexity index is 471. The van der Waals surface area contributed by atoms with Crippen LogP contribution in [0.5, 0.6) is 0 Å². The maximum absolute atomic E-state index is 6.07. The maximum atomic E-state index is 6.07. The van der Waals surface area contributed by atoms with Crippen molar-refractivity contribution >= 4 is 34.5 Å². The summed E-state index contributed by atoms with van der Waals surface area (Å²) in [6, 6.07) is 5.50. The largest absolute Gasteiger partial charge is 0.312 e. The average molecular weight is 287 g/mol. The number of benzene rings is 1. The van der Waals surface area contributed by atoms with E-state index in [0.717, 1.165) is 35.1 Å². The van der Waals surface area contributed by atoms with Crippen molar-refractivity contribution in [2.75, 3.05) is 6.54 Å². The van der Waals surface area contributed by atoms with Crippen LogP contribution < -0.4 is 5.32 Å². The van der Waals surface area contributed by atoms with Crippen LogP contribution in [0.4, 0.5) is 0 Å². The fraction of sp³-hybridized carbons (Fsp3) is 0.250. The van der Waals surface area contributed by atoms with E-state index in [0.29, 0.717) is 5.02 Å². The number of halogens is 2. The number of rotatable bonds is 5. The van der Waals surface area contributed by atoms with Crippen molar-refractivity contribution in [2.24, 2.45) is 0 Å². The van der Waals surface area contributed by atoms with Crippen molar-refractivity contribution in [1.82, 2.24) is 10.3 Å². The van der Waals surface area contributed by atoms with Crippen LogP contribution in [0.15, 0.2) is 29.8 Å². The minimum absolute atomic E-state index is 0.714. The Hall–Kier alpha value is -0.610. The Morgan fingerprint density at radius 1 is 1.29 bits per heavy atom. The number of hydrogen-bond acceptors (Lipinski definition) is 3. The van der Waals surface area contributed by atoms with E-state index < -0.39 is 0 Å². The molecule has 90 valence electrons. The van der Waals surface area contributed by atoms with E-state index in [1.54, 1.807) is 17.4 Å². The van der Waals surface area contributed by atoms with E-state index in [1.165, 1.54) is 0 Å². The Morgan fingerprint density at radius 2 is 2.18 bits per heavy atom. The minimum atomic E-state index is 0.714. The molecule has 1 aromatic heterocycles. The van der Waals surface area contributed by atoms with Crippen molar-refractivity contribution in [3.63, 3.8) is 0 Å². The van der Waals surface area contributed by atoms with Gasteiger partial charge in [0.05, 0.1) is 5.01 Å². The van der Waals surface area contributed by atoms with Gasteiger partial charge in [0, 0.05) is 41.1 Å². The highest BCUT2D eigenvalue weighted by atomic mass is 35.5. The zero-order valence-corrected chi connectivity index (χ0v) is 11.4. The molecule has 0 atom stereocenters. The van der Waals surface area contributed by atoms with Gasteiger partial charge >= 0.3 is 0 Å². The second-order valence-corrected chi connectivity index (χ2v) is 5.41. The maximum Gasteiger partial charge on any atom is 0.0937 e. The number of nitrogens with one attached hydrogen (secondary N) is 1. The molecule has 0 saturated carbocycles. The molecule has 1 N–H and O–H groups in total. The Balaban J connectivity index is 1.80. The van der Waals surface area contributed by atoms with Gasteiger partial charge < -0.3 is 5.32 Å². The lowest BCUT2D eigenvalue weighted by Crippen LogP contribution is -2.16. The summed E-state index contributed by atoms with van der Waals surface area (Å²) in [6.45, 7) is 1.61. The van der Waals surface area contributed by atoms with E-state index >= 15 is 0 Å².